The molecule has 9 heteroatoms. The molecule has 1 aliphatic carbocycles. The van der Waals surface area contributed by atoms with Crippen LogP contribution in [0.1, 0.15) is 74.3 Å². The molecule has 4 aromatic rings. The molecule has 1 atom stereocenters. The van der Waals surface area contributed by atoms with Crippen molar-refractivity contribution in [1.29, 1.82) is 0 Å². The topological polar surface area (TPSA) is 73.4 Å². The number of carbonyl (C=O) groups excluding carboxylic acids is 1. The lowest BCUT2D eigenvalue weighted by Gasteiger charge is -2.47. The largest absolute Gasteiger partial charge is 0.380 e. The molecule has 7 rings (SSSR count). The van der Waals surface area contributed by atoms with Gasteiger partial charge in [0.15, 0.2) is 11.6 Å². The third kappa shape index (κ3) is 4.05. The first kappa shape index (κ1) is 25.4. The summed E-state index contributed by atoms with van der Waals surface area (Å²) in [6.45, 7) is 5.49. The van der Waals surface area contributed by atoms with E-state index in [1.165, 1.54) is 6.07 Å². The van der Waals surface area contributed by atoms with Crippen molar-refractivity contribution in [3.8, 4) is 11.1 Å². The molecule has 2 saturated heterocycles. The number of anilines is 1. The third-order valence-electron chi connectivity index (χ3n) is 9.16. The lowest BCUT2D eigenvalue weighted by atomic mass is 9.71. The summed E-state index contributed by atoms with van der Waals surface area (Å²) < 4.78 is 41.5. The Morgan fingerprint density at radius 1 is 1.00 bits per heavy atom. The van der Waals surface area contributed by atoms with Crippen molar-refractivity contribution in [2.45, 2.75) is 70.9 Å². The first-order chi connectivity index (χ1) is 19.3. The number of imidazole rings is 1. The quantitative estimate of drug-likeness (QED) is 0.276. The predicted octanol–water partition coefficient (Wildman–Crippen LogP) is 6.98. The molecule has 1 saturated carbocycles. The van der Waals surface area contributed by atoms with Gasteiger partial charge < -0.3 is 18.7 Å². The Labute approximate surface area is 231 Å². The van der Waals surface area contributed by atoms with E-state index >= 15 is 0 Å². The minimum Gasteiger partial charge on any atom is -0.380 e. The second-order valence-corrected chi connectivity index (χ2v) is 11.7. The Hall–Kier alpha value is -3.59. The van der Waals surface area contributed by atoms with E-state index in [0.29, 0.717) is 30.4 Å². The SMILES string of the molecule is Cc1noc(C)c1-c1ccc2c(c1)nc([C@@H]1CCCC(=O)N1c1ccc(F)c(F)c1)n2C1CCC2(CC1)COC2. The van der Waals surface area contributed by atoms with Crippen LogP contribution in [0.15, 0.2) is 40.9 Å². The van der Waals surface area contributed by atoms with Crippen LogP contribution >= 0.6 is 0 Å². The first-order valence-corrected chi connectivity index (χ1v) is 14.1. The minimum absolute atomic E-state index is 0.105. The number of carbonyl (C=O) groups is 1. The number of amides is 1. The summed E-state index contributed by atoms with van der Waals surface area (Å²) in [6, 6.07) is 9.79. The van der Waals surface area contributed by atoms with E-state index < -0.39 is 11.6 Å². The molecule has 7 nitrogen and oxygen atoms in total. The number of hydrogen-bond donors (Lipinski definition) is 0. The van der Waals surface area contributed by atoms with Gasteiger partial charge in [-0.05, 0) is 82.2 Å². The molecule has 4 heterocycles. The number of piperidine rings is 1. The maximum absolute atomic E-state index is 14.3. The van der Waals surface area contributed by atoms with E-state index in [1.54, 1.807) is 4.90 Å². The van der Waals surface area contributed by atoms with Crippen molar-refractivity contribution in [2.75, 3.05) is 18.1 Å². The molecule has 2 aromatic heterocycles. The molecule has 1 spiro atoms. The molecule has 0 bridgehead atoms. The Morgan fingerprint density at radius 2 is 1.80 bits per heavy atom. The van der Waals surface area contributed by atoms with E-state index in [0.717, 1.165) is 90.5 Å². The van der Waals surface area contributed by atoms with Crippen LogP contribution < -0.4 is 4.90 Å². The molecule has 0 N–H and O–H groups in total. The second kappa shape index (κ2) is 9.51. The van der Waals surface area contributed by atoms with E-state index in [9.17, 15) is 13.6 Å². The highest BCUT2D eigenvalue weighted by molar-refractivity contribution is 5.95. The fourth-order valence-corrected chi connectivity index (χ4v) is 7.01. The van der Waals surface area contributed by atoms with E-state index in [1.807, 2.05) is 13.8 Å². The van der Waals surface area contributed by atoms with Gasteiger partial charge in [-0.1, -0.05) is 11.2 Å². The Bertz CT molecular complexity index is 1590. The number of halogens is 2. The summed E-state index contributed by atoms with van der Waals surface area (Å²) >= 11 is 0. The number of fused-ring (bicyclic) bond motifs is 1. The summed E-state index contributed by atoms with van der Waals surface area (Å²) in [5.41, 5.74) is 5.26. The van der Waals surface area contributed by atoms with Gasteiger partial charge in [0.2, 0.25) is 5.91 Å². The number of ether oxygens (including phenoxy) is 1. The number of aromatic nitrogens is 3. The normalized spacial score (nSPS) is 21.4. The fraction of sp³-hybridized carbons (Fsp3) is 0.452. The van der Waals surface area contributed by atoms with Gasteiger partial charge in [0.05, 0.1) is 36.0 Å². The number of aryl methyl sites for hydroxylation is 2. The minimum atomic E-state index is -0.965. The molecule has 2 aromatic carbocycles. The fourth-order valence-electron chi connectivity index (χ4n) is 7.01. The maximum atomic E-state index is 14.3. The molecule has 40 heavy (non-hydrogen) atoms. The second-order valence-electron chi connectivity index (χ2n) is 11.7. The third-order valence-corrected chi connectivity index (χ3v) is 9.16. The maximum Gasteiger partial charge on any atom is 0.227 e. The zero-order chi connectivity index (χ0) is 27.6. The van der Waals surface area contributed by atoms with Gasteiger partial charge in [-0.2, -0.15) is 0 Å². The van der Waals surface area contributed by atoms with E-state index in [2.05, 4.69) is 27.9 Å². The van der Waals surface area contributed by atoms with Crippen LogP contribution in [0.2, 0.25) is 0 Å². The number of hydrogen-bond acceptors (Lipinski definition) is 5. The van der Waals surface area contributed by atoms with Crippen molar-refractivity contribution in [1.82, 2.24) is 14.7 Å². The van der Waals surface area contributed by atoms with Gasteiger partial charge in [0, 0.05) is 35.2 Å². The van der Waals surface area contributed by atoms with Crippen LogP contribution in [0, 0.1) is 30.9 Å². The van der Waals surface area contributed by atoms with Gasteiger partial charge in [-0.25, -0.2) is 13.8 Å². The van der Waals surface area contributed by atoms with Crippen LogP contribution in [-0.2, 0) is 9.53 Å². The van der Waals surface area contributed by atoms with Gasteiger partial charge >= 0.3 is 0 Å². The average molecular weight is 547 g/mol. The number of benzene rings is 2. The van der Waals surface area contributed by atoms with Crippen LogP contribution in [0.4, 0.5) is 14.5 Å². The lowest BCUT2D eigenvalue weighted by Crippen LogP contribution is -2.45. The summed E-state index contributed by atoms with van der Waals surface area (Å²) in [7, 11) is 0. The Balaban J connectivity index is 1.36. The summed E-state index contributed by atoms with van der Waals surface area (Å²) in [5, 5.41) is 4.12. The summed E-state index contributed by atoms with van der Waals surface area (Å²) in [5.74, 6) is -0.451. The van der Waals surface area contributed by atoms with Crippen LogP contribution in [0.25, 0.3) is 22.2 Å². The Morgan fingerprint density at radius 3 is 2.48 bits per heavy atom. The highest BCUT2D eigenvalue weighted by Gasteiger charge is 2.43. The van der Waals surface area contributed by atoms with Crippen molar-refractivity contribution >= 4 is 22.6 Å². The molecular formula is C31H32F2N4O3. The van der Waals surface area contributed by atoms with Crippen molar-refractivity contribution < 1.29 is 22.8 Å². The molecule has 2 aliphatic heterocycles. The van der Waals surface area contributed by atoms with Crippen molar-refractivity contribution in [2.24, 2.45) is 5.41 Å². The van der Waals surface area contributed by atoms with Crippen LogP contribution in [0.3, 0.4) is 0 Å². The van der Waals surface area contributed by atoms with Gasteiger partial charge in [-0.3, -0.25) is 4.79 Å². The molecule has 0 radical (unpaired) electrons. The molecule has 3 aliphatic rings. The van der Waals surface area contributed by atoms with Gasteiger partial charge in [0.1, 0.15) is 11.6 Å². The number of rotatable bonds is 4. The lowest BCUT2D eigenvalue weighted by molar-refractivity contribution is -0.135. The van der Waals surface area contributed by atoms with E-state index in [-0.39, 0.29) is 18.0 Å². The molecular weight excluding hydrogens is 514 g/mol. The predicted molar refractivity (Wildman–Crippen MR) is 146 cm³/mol. The molecule has 3 fully saturated rings. The zero-order valence-electron chi connectivity index (χ0n) is 22.8. The van der Waals surface area contributed by atoms with Crippen molar-refractivity contribution in [3.05, 3.63) is 65.3 Å². The molecule has 0 unspecified atom stereocenters. The summed E-state index contributed by atoms with van der Waals surface area (Å²) in [6.07, 6.45) is 5.93. The first-order valence-electron chi connectivity index (χ1n) is 14.1. The van der Waals surface area contributed by atoms with Crippen LogP contribution in [0.5, 0.6) is 0 Å². The standard InChI is InChI=1S/C31H32F2N4O3/c1-18-29(19(2)40-35-18)20-6-9-26-25(14-20)34-30(37(26)21-10-12-31(13-11-21)16-39-17-31)27-4-3-5-28(38)36(27)22-7-8-23(32)24(33)15-22/h6-9,14-15,21,27H,3-5,10-13,16-17H2,1-2H3/t27-/m0/s1. The average Bonchev–Trinajstić information content (AvgIpc) is 3.48. The highest BCUT2D eigenvalue weighted by Crippen LogP contribution is 2.48. The highest BCUT2D eigenvalue weighted by atomic mass is 19.2. The van der Waals surface area contributed by atoms with Crippen LogP contribution in [-0.4, -0.2) is 33.8 Å². The zero-order valence-corrected chi connectivity index (χ0v) is 22.8. The van der Waals surface area contributed by atoms with E-state index in [4.69, 9.17) is 14.2 Å². The summed E-state index contributed by atoms with van der Waals surface area (Å²) in [4.78, 5) is 20.2. The van der Waals surface area contributed by atoms with Gasteiger partial charge in [0.25, 0.3) is 0 Å². The smallest absolute Gasteiger partial charge is 0.227 e. The van der Waals surface area contributed by atoms with Gasteiger partial charge in [-0.15, -0.1) is 0 Å². The monoisotopic (exact) mass is 546 g/mol. The molecule has 1 amide bonds. The van der Waals surface area contributed by atoms with Crippen molar-refractivity contribution in [3.63, 3.8) is 0 Å². The number of nitrogens with zero attached hydrogens (tertiary/aromatic N) is 4. The Kier molecular flexibility index (Phi) is 6.03. The molecule has 208 valence electrons.